The van der Waals surface area contributed by atoms with Gasteiger partial charge in [0.25, 0.3) is 10.2 Å². The van der Waals surface area contributed by atoms with E-state index >= 15 is 0 Å². The molecule has 3 aromatic carbocycles. The molecule has 0 amide bonds. The second-order valence-corrected chi connectivity index (χ2v) is 10.6. The van der Waals surface area contributed by atoms with E-state index in [2.05, 4.69) is 4.72 Å². The normalized spacial score (nSPS) is 20.3. The van der Waals surface area contributed by atoms with Crippen LogP contribution in [-0.4, -0.2) is 31.6 Å². The average molecular weight is 505 g/mol. The zero-order valence-electron chi connectivity index (χ0n) is 18.6. The molecule has 9 heteroatoms. The molecule has 0 spiro atoms. The van der Waals surface area contributed by atoms with Gasteiger partial charge in [0, 0.05) is 19.5 Å². The second-order valence-electron chi connectivity index (χ2n) is 8.42. The first kappa shape index (κ1) is 24.5. The Morgan fingerprint density at radius 1 is 1.06 bits per heavy atom. The van der Waals surface area contributed by atoms with Crippen LogP contribution >= 0.6 is 11.6 Å². The third-order valence-electron chi connectivity index (χ3n) is 6.08. The number of benzene rings is 3. The van der Waals surface area contributed by atoms with Gasteiger partial charge in [-0.3, -0.25) is 4.79 Å². The van der Waals surface area contributed by atoms with Gasteiger partial charge in [0.15, 0.2) is 5.78 Å². The lowest BCUT2D eigenvalue weighted by Crippen LogP contribution is -2.55. The van der Waals surface area contributed by atoms with Gasteiger partial charge in [-0.15, -0.1) is 0 Å². The lowest BCUT2D eigenvalue weighted by molar-refractivity contribution is -0.122. The van der Waals surface area contributed by atoms with Crippen LogP contribution in [0.25, 0.3) is 11.1 Å². The highest BCUT2D eigenvalue weighted by Gasteiger charge is 2.40. The van der Waals surface area contributed by atoms with Crippen molar-refractivity contribution in [3.63, 3.8) is 0 Å². The summed E-state index contributed by atoms with van der Waals surface area (Å²) in [6.07, 6.45) is 0.140. The Morgan fingerprint density at radius 2 is 1.76 bits per heavy atom. The van der Waals surface area contributed by atoms with E-state index in [4.69, 9.17) is 11.6 Å². The number of hydrogen-bond acceptors (Lipinski definition) is 3. The Labute approximate surface area is 202 Å². The molecular weight excluding hydrogens is 482 g/mol. The largest absolute Gasteiger partial charge is 0.298 e. The Bertz CT molecular complexity index is 1360. The predicted molar refractivity (Wildman–Crippen MR) is 128 cm³/mol. The minimum absolute atomic E-state index is 0.0772. The molecule has 0 aromatic heterocycles. The summed E-state index contributed by atoms with van der Waals surface area (Å²) >= 11 is 5.82. The van der Waals surface area contributed by atoms with E-state index in [-0.39, 0.29) is 29.5 Å². The van der Waals surface area contributed by atoms with E-state index in [0.717, 1.165) is 15.4 Å². The summed E-state index contributed by atoms with van der Waals surface area (Å²) in [5.41, 5.74) is 3.32. The number of rotatable bonds is 5. The van der Waals surface area contributed by atoms with Gasteiger partial charge in [0.2, 0.25) is 0 Å². The molecule has 2 atom stereocenters. The predicted octanol–water partition coefficient (Wildman–Crippen LogP) is 4.99. The second kappa shape index (κ2) is 9.54. The van der Waals surface area contributed by atoms with E-state index < -0.39 is 28.1 Å². The molecule has 1 saturated heterocycles. The molecule has 1 aliphatic rings. The Kier molecular flexibility index (Phi) is 6.87. The van der Waals surface area contributed by atoms with Gasteiger partial charge in [-0.2, -0.15) is 17.4 Å². The molecule has 1 aliphatic heterocycles. The summed E-state index contributed by atoms with van der Waals surface area (Å²) in [4.78, 5) is 13.1. The first-order valence-corrected chi connectivity index (χ1v) is 12.5. The van der Waals surface area contributed by atoms with Crippen molar-refractivity contribution < 1.29 is 22.0 Å². The third kappa shape index (κ3) is 5.05. The van der Waals surface area contributed by atoms with Gasteiger partial charge in [-0.1, -0.05) is 41.9 Å². The fourth-order valence-corrected chi connectivity index (χ4v) is 5.62. The van der Waals surface area contributed by atoms with E-state index in [9.17, 15) is 22.0 Å². The number of nitrogens with zero attached hydrogens (tertiary/aromatic N) is 1. The Morgan fingerprint density at radius 3 is 2.47 bits per heavy atom. The summed E-state index contributed by atoms with van der Waals surface area (Å²) in [5.74, 6) is -1.20. The maximum Gasteiger partial charge on any atom is 0.280 e. The highest BCUT2D eigenvalue weighted by molar-refractivity contribution is 7.87. The number of Topliss-reactive ketones (excluding diaryl/α,β-unsaturated/α-hetero) is 1. The lowest BCUT2D eigenvalue weighted by Gasteiger charge is -2.36. The van der Waals surface area contributed by atoms with E-state index in [1.807, 2.05) is 12.1 Å². The van der Waals surface area contributed by atoms with Crippen LogP contribution in [0.5, 0.6) is 0 Å². The molecule has 0 radical (unpaired) electrons. The van der Waals surface area contributed by atoms with Crippen molar-refractivity contribution in [2.45, 2.75) is 31.8 Å². The van der Waals surface area contributed by atoms with Gasteiger partial charge < -0.3 is 0 Å². The molecule has 178 valence electrons. The van der Waals surface area contributed by atoms with Crippen molar-refractivity contribution in [1.29, 1.82) is 0 Å². The smallest absolute Gasteiger partial charge is 0.280 e. The van der Waals surface area contributed by atoms with Crippen molar-refractivity contribution in [1.82, 2.24) is 9.03 Å². The van der Waals surface area contributed by atoms with Crippen molar-refractivity contribution in [2.75, 3.05) is 7.05 Å². The zero-order valence-corrected chi connectivity index (χ0v) is 20.1. The molecular formula is C25H23ClF2N2O3S. The first-order chi connectivity index (χ1) is 16.0. The summed E-state index contributed by atoms with van der Waals surface area (Å²) in [7, 11) is -2.57. The van der Waals surface area contributed by atoms with Gasteiger partial charge in [-0.25, -0.2) is 8.78 Å². The molecule has 1 N–H and O–H groups in total. The van der Waals surface area contributed by atoms with Gasteiger partial charge in [0.05, 0.1) is 11.1 Å². The molecule has 1 heterocycles. The highest BCUT2D eigenvalue weighted by atomic mass is 35.5. The minimum Gasteiger partial charge on any atom is -0.298 e. The summed E-state index contributed by atoms with van der Waals surface area (Å²) in [5, 5.41) is -0.0951. The number of carbonyl (C=O) groups is 1. The molecule has 0 aliphatic carbocycles. The Hall–Kier alpha value is -2.65. The number of likely N-dealkylation sites (N-methyl/N-ethyl adjacent to an activating group) is 1. The van der Waals surface area contributed by atoms with Crippen LogP contribution < -0.4 is 4.72 Å². The summed E-state index contributed by atoms with van der Waals surface area (Å²) in [6.45, 7) is 1.68. The highest BCUT2D eigenvalue weighted by Crippen LogP contribution is 2.32. The molecule has 3 aromatic rings. The maximum atomic E-state index is 13.7. The number of halogens is 3. The molecule has 34 heavy (non-hydrogen) atoms. The van der Waals surface area contributed by atoms with Crippen LogP contribution in [0.15, 0.2) is 60.7 Å². The van der Waals surface area contributed by atoms with Crippen LogP contribution in [0, 0.1) is 18.6 Å². The number of carbonyl (C=O) groups excluding carboxylic acids is 1. The number of nitrogens with one attached hydrogen (secondary N) is 1. The van der Waals surface area contributed by atoms with Crippen LogP contribution in [0.2, 0.25) is 5.02 Å². The fraction of sp³-hybridized carbons (Fsp3) is 0.240. The summed E-state index contributed by atoms with van der Waals surface area (Å²) in [6, 6.07) is 14.6. The number of hydrogen-bond donors (Lipinski definition) is 1. The average Bonchev–Trinajstić information content (AvgIpc) is 2.79. The van der Waals surface area contributed by atoms with Gasteiger partial charge in [-0.05, 0) is 71.5 Å². The topological polar surface area (TPSA) is 66.5 Å². The van der Waals surface area contributed by atoms with Crippen molar-refractivity contribution >= 4 is 27.6 Å². The summed E-state index contributed by atoms with van der Waals surface area (Å²) < 4.78 is 56.5. The quantitative estimate of drug-likeness (QED) is 0.532. The molecule has 0 saturated carbocycles. The van der Waals surface area contributed by atoms with Crippen LogP contribution in [0.1, 0.15) is 29.2 Å². The van der Waals surface area contributed by atoms with Crippen molar-refractivity contribution in [3.05, 3.63) is 94.0 Å². The molecule has 5 nitrogen and oxygen atoms in total. The maximum absolute atomic E-state index is 13.7. The molecule has 4 rings (SSSR count). The van der Waals surface area contributed by atoms with E-state index in [1.165, 1.54) is 31.3 Å². The van der Waals surface area contributed by atoms with E-state index in [0.29, 0.717) is 16.7 Å². The lowest BCUT2D eigenvalue weighted by atomic mass is 9.92. The number of ketones is 1. The van der Waals surface area contributed by atoms with Gasteiger partial charge in [0.1, 0.15) is 11.6 Å². The molecule has 0 bridgehead atoms. The van der Waals surface area contributed by atoms with E-state index in [1.54, 1.807) is 31.2 Å². The SMILES string of the molecule is Cc1cc(-c2cccc([C@@H]3C[C@H](C(=O)Cc4ccc(F)c(Cl)c4)N(C)S(=O)(=O)N3)c2)ccc1F. The van der Waals surface area contributed by atoms with Crippen molar-refractivity contribution in [3.8, 4) is 11.1 Å². The minimum atomic E-state index is -3.92. The van der Waals surface area contributed by atoms with Crippen molar-refractivity contribution in [2.24, 2.45) is 0 Å². The van der Waals surface area contributed by atoms with Gasteiger partial charge >= 0.3 is 0 Å². The third-order valence-corrected chi connectivity index (χ3v) is 7.97. The number of aryl methyl sites for hydroxylation is 1. The van der Waals surface area contributed by atoms with Crippen LogP contribution in [0.4, 0.5) is 8.78 Å². The monoisotopic (exact) mass is 504 g/mol. The first-order valence-electron chi connectivity index (χ1n) is 10.6. The fourth-order valence-electron chi connectivity index (χ4n) is 4.12. The zero-order chi connectivity index (χ0) is 24.6. The molecule has 0 unspecified atom stereocenters. The standard InChI is InChI=1S/C25H23ClF2N2O3S/c1-15-10-18(7-9-21(15)27)17-4-3-5-19(13-17)23-14-24(30(2)34(32,33)29-23)25(31)12-16-6-8-22(28)20(26)11-16/h3-11,13,23-24,29H,12,14H2,1-2H3/t23-,24+/m0/s1. The van der Waals surface area contributed by atoms with Crippen LogP contribution in [-0.2, 0) is 21.4 Å². The molecule has 1 fully saturated rings. The Balaban J connectivity index is 1.61. The van der Waals surface area contributed by atoms with Crippen LogP contribution in [0.3, 0.4) is 0 Å².